The summed E-state index contributed by atoms with van der Waals surface area (Å²) in [7, 11) is 0. The molecule has 0 unspecified atom stereocenters. The topological polar surface area (TPSA) is 77.2 Å². The quantitative estimate of drug-likeness (QED) is 0.914. The summed E-state index contributed by atoms with van der Waals surface area (Å²) in [6.45, 7) is 5.08. The molecule has 0 aliphatic carbocycles. The van der Waals surface area contributed by atoms with E-state index in [1.165, 1.54) is 0 Å². The molecule has 1 fully saturated rings. The van der Waals surface area contributed by atoms with Gasteiger partial charge in [-0.05, 0) is 38.3 Å². The molecule has 5 nitrogen and oxygen atoms in total. The molecule has 0 amide bonds. The van der Waals surface area contributed by atoms with Gasteiger partial charge in [0.15, 0.2) is 0 Å². The van der Waals surface area contributed by atoms with Crippen LogP contribution in [0.25, 0.3) is 0 Å². The van der Waals surface area contributed by atoms with Crippen LogP contribution in [-0.4, -0.2) is 29.1 Å². The van der Waals surface area contributed by atoms with Gasteiger partial charge in [-0.2, -0.15) is 5.26 Å². The fraction of sp³-hybridized carbons (Fsp3) is 0.533. The van der Waals surface area contributed by atoms with Crippen LogP contribution in [0, 0.1) is 23.7 Å². The number of aromatic nitrogens is 1. The van der Waals surface area contributed by atoms with Crippen LogP contribution < -0.4 is 4.90 Å². The first-order chi connectivity index (χ1) is 9.52. The fourth-order valence-electron chi connectivity index (χ4n) is 2.74. The van der Waals surface area contributed by atoms with Crippen molar-refractivity contribution in [2.24, 2.45) is 5.41 Å². The summed E-state index contributed by atoms with van der Waals surface area (Å²) in [5.41, 5.74) is 0.798. The third-order valence-corrected chi connectivity index (χ3v) is 4.29. The predicted octanol–water partition coefficient (Wildman–Crippen LogP) is 2.34. The molecule has 0 spiro atoms. The molecule has 1 N–H and O–H groups in total. The molecule has 0 atom stereocenters. The van der Waals surface area contributed by atoms with Gasteiger partial charge in [-0.1, -0.05) is 6.92 Å². The average molecular weight is 273 g/mol. The van der Waals surface area contributed by atoms with Gasteiger partial charge < -0.3 is 10.0 Å². The van der Waals surface area contributed by atoms with E-state index in [-0.39, 0.29) is 0 Å². The van der Waals surface area contributed by atoms with Crippen molar-refractivity contribution in [3.63, 3.8) is 0 Å². The van der Waals surface area contributed by atoms with Crippen molar-refractivity contribution in [2.45, 2.75) is 33.1 Å². The number of aryl methyl sites for hydroxylation is 1. The normalized spacial score (nSPS) is 17.6. The van der Waals surface area contributed by atoms with Crippen molar-refractivity contribution in [3.8, 4) is 6.07 Å². The highest BCUT2D eigenvalue weighted by molar-refractivity contribution is 5.75. The number of nitriles is 1. The first-order valence-corrected chi connectivity index (χ1v) is 6.88. The monoisotopic (exact) mass is 273 g/mol. The number of carboxylic acid groups (broad SMARTS) is 1. The maximum atomic E-state index is 11.4. The van der Waals surface area contributed by atoms with Crippen LogP contribution in [0.1, 0.15) is 37.4 Å². The minimum Gasteiger partial charge on any atom is -0.481 e. The zero-order valence-corrected chi connectivity index (χ0v) is 11.9. The first-order valence-electron chi connectivity index (χ1n) is 6.88. The van der Waals surface area contributed by atoms with Crippen molar-refractivity contribution in [1.29, 1.82) is 5.26 Å². The van der Waals surface area contributed by atoms with E-state index in [9.17, 15) is 9.90 Å². The smallest absolute Gasteiger partial charge is 0.309 e. The standard InChI is InChI=1S/C15H19N3O2/c1-3-15(14(19)20)6-8-18(9-7-15)13-12(10-16)5-4-11(2)17-13/h4-5H,3,6-9H2,1-2H3,(H,19,20). The Hall–Kier alpha value is -2.09. The Balaban J connectivity index is 2.21. The number of piperidine rings is 1. The molecule has 1 saturated heterocycles. The Labute approximate surface area is 118 Å². The van der Waals surface area contributed by atoms with Gasteiger partial charge in [0.05, 0.1) is 11.0 Å². The van der Waals surface area contributed by atoms with Gasteiger partial charge in [-0.3, -0.25) is 4.79 Å². The molecule has 5 heteroatoms. The molecule has 0 radical (unpaired) electrons. The van der Waals surface area contributed by atoms with Crippen LogP contribution in [0.15, 0.2) is 12.1 Å². The zero-order valence-electron chi connectivity index (χ0n) is 11.9. The van der Waals surface area contributed by atoms with E-state index in [0.29, 0.717) is 43.7 Å². The van der Waals surface area contributed by atoms with Crippen LogP contribution >= 0.6 is 0 Å². The van der Waals surface area contributed by atoms with Gasteiger partial charge in [0.1, 0.15) is 11.9 Å². The molecular formula is C15H19N3O2. The van der Waals surface area contributed by atoms with Crippen LogP contribution in [0.4, 0.5) is 5.82 Å². The Morgan fingerprint density at radius 2 is 2.15 bits per heavy atom. The summed E-state index contributed by atoms with van der Waals surface area (Å²) < 4.78 is 0. The third-order valence-electron chi connectivity index (χ3n) is 4.29. The molecule has 20 heavy (non-hydrogen) atoms. The average Bonchev–Trinajstić information content (AvgIpc) is 2.47. The highest BCUT2D eigenvalue weighted by Crippen LogP contribution is 2.36. The van der Waals surface area contributed by atoms with Gasteiger partial charge in [-0.25, -0.2) is 4.98 Å². The lowest BCUT2D eigenvalue weighted by atomic mass is 9.76. The Kier molecular flexibility index (Phi) is 3.93. The highest BCUT2D eigenvalue weighted by atomic mass is 16.4. The molecular weight excluding hydrogens is 254 g/mol. The number of rotatable bonds is 3. The van der Waals surface area contributed by atoms with Crippen LogP contribution in [0.5, 0.6) is 0 Å². The van der Waals surface area contributed by atoms with Crippen LogP contribution in [0.3, 0.4) is 0 Å². The maximum absolute atomic E-state index is 11.4. The lowest BCUT2D eigenvalue weighted by Crippen LogP contribution is -2.44. The van der Waals surface area contributed by atoms with Crippen LogP contribution in [0.2, 0.25) is 0 Å². The fourth-order valence-corrected chi connectivity index (χ4v) is 2.74. The van der Waals surface area contributed by atoms with Crippen molar-refractivity contribution in [3.05, 3.63) is 23.4 Å². The van der Waals surface area contributed by atoms with E-state index in [2.05, 4.69) is 11.1 Å². The molecule has 1 aliphatic heterocycles. The van der Waals surface area contributed by atoms with Gasteiger partial charge >= 0.3 is 5.97 Å². The first kappa shape index (κ1) is 14.3. The van der Waals surface area contributed by atoms with E-state index in [0.717, 1.165) is 5.69 Å². The number of carbonyl (C=O) groups is 1. The number of anilines is 1. The summed E-state index contributed by atoms with van der Waals surface area (Å²) in [5.74, 6) is -0.0278. The number of carboxylic acids is 1. The van der Waals surface area contributed by atoms with E-state index in [4.69, 9.17) is 5.26 Å². The number of nitrogens with zero attached hydrogens (tertiary/aromatic N) is 3. The van der Waals surface area contributed by atoms with E-state index in [1.54, 1.807) is 6.07 Å². The molecule has 2 rings (SSSR count). The van der Waals surface area contributed by atoms with Gasteiger partial charge in [0.2, 0.25) is 0 Å². The second kappa shape index (κ2) is 5.49. The minimum atomic E-state index is -0.711. The Morgan fingerprint density at radius 3 is 2.65 bits per heavy atom. The highest BCUT2D eigenvalue weighted by Gasteiger charge is 2.40. The second-order valence-electron chi connectivity index (χ2n) is 5.36. The predicted molar refractivity (Wildman–Crippen MR) is 75.5 cm³/mol. The molecule has 0 bridgehead atoms. The lowest BCUT2D eigenvalue weighted by molar-refractivity contribution is -0.150. The van der Waals surface area contributed by atoms with Crippen molar-refractivity contribution < 1.29 is 9.90 Å². The molecule has 1 aromatic heterocycles. The Morgan fingerprint density at radius 1 is 1.50 bits per heavy atom. The summed E-state index contributed by atoms with van der Waals surface area (Å²) in [5, 5.41) is 18.6. The van der Waals surface area contributed by atoms with Gasteiger partial charge in [0.25, 0.3) is 0 Å². The van der Waals surface area contributed by atoms with E-state index in [1.807, 2.05) is 24.8 Å². The minimum absolute atomic E-state index is 0.551. The number of pyridine rings is 1. The number of hydrogen-bond donors (Lipinski definition) is 1. The molecule has 106 valence electrons. The summed E-state index contributed by atoms with van der Waals surface area (Å²) in [6.07, 6.45) is 1.83. The molecule has 0 aromatic carbocycles. The number of aliphatic carboxylic acids is 1. The summed E-state index contributed by atoms with van der Waals surface area (Å²) >= 11 is 0. The maximum Gasteiger partial charge on any atom is 0.309 e. The van der Waals surface area contributed by atoms with E-state index >= 15 is 0 Å². The molecule has 1 aliphatic rings. The third kappa shape index (κ3) is 2.46. The van der Waals surface area contributed by atoms with Crippen molar-refractivity contribution in [1.82, 2.24) is 4.98 Å². The zero-order chi connectivity index (χ0) is 14.8. The second-order valence-corrected chi connectivity index (χ2v) is 5.36. The van der Waals surface area contributed by atoms with Crippen molar-refractivity contribution >= 4 is 11.8 Å². The SMILES string of the molecule is CCC1(C(=O)O)CCN(c2nc(C)ccc2C#N)CC1. The van der Waals surface area contributed by atoms with Crippen molar-refractivity contribution in [2.75, 3.05) is 18.0 Å². The molecule has 1 aromatic rings. The largest absolute Gasteiger partial charge is 0.481 e. The van der Waals surface area contributed by atoms with Crippen LogP contribution in [-0.2, 0) is 4.79 Å². The summed E-state index contributed by atoms with van der Waals surface area (Å²) in [6, 6.07) is 5.75. The molecule has 2 heterocycles. The van der Waals surface area contributed by atoms with E-state index < -0.39 is 11.4 Å². The van der Waals surface area contributed by atoms with Gasteiger partial charge in [0, 0.05) is 18.8 Å². The lowest BCUT2D eigenvalue weighted by Gasteiger charge is -2.39. The summed E-state index contributed by atoms with van der Waals surface area (Å²) in [4.78, 5) is 17.9. The number of hydrogen-bond acceptors (Lipinski definition) is 4. The van der Waals surface area contributed by atoms with Gasteiger partial charge in [-0.15, -0.1) is 0 Å². The Bertz CT molecular complexity index is 555. The molecule has 0 saturated carbocycles.